The number of hydrogen-bond donors (Lipinski definition) is 2. The van der Waals surface area contributed by atoms with Gasteiger partial charge >= 0.3 is 5.97 Å². The molecule has 2 aromatic rings. The van der Waals surface area contributed by atoms with Crippen molar-refractivity contribution in [2.45, 2.75) is 0 Å². The monoisotopic (exact) mass is 306 g/mol. The maximum absolute atomic E-state index is 11.0. The normalized spacial score (nSPS) is 10.0. The molecule has 0 unspecified atom stereocenters. The van der Waals surface area contributed by atoms with Crippen LogP contribution in [0.25, 0.3) is 5.69 Å². The number of nitrogens with zero attached hydrogens (tertiary/aromatic N) is 3. The van der Waals surface area contributed by atoms with Crippen molar-refractivity contribution in [1.29, 1.82) is 5.26 Å². The summed E-state index contributed by atoms with van der Waals surface area (Å²) in [6.07, 6.45) is 0. The number of nitrogen functional groups attached to an aromatic ring is 1. The van der Waals surface area contributed by atoms with Crippen LogP contribution in [0.4, 0.5) is 5.82 Å². The number of carbonyl (C=O) groups is 1. The second-order valence-electron chi connectivity index (χ2n) is 3.42. The van der Waals surface area contributed by atoms with Gasteiger partial charge in [0.2, 0.25) is 0 Å². The molecule has 3 N–H and O–H groups in total. The fraction of sp³-hybridized carbons (Fsp3) is 0. The zero-order valence-electron chi connectivity index (χ0n) is 8.96. The van der Waals surface area contributed by atoms with E-state index >= 15 is 0 Å². The summed E-state index contributed by atoms with van der Waals surface area (Å²) >= 11 is 3.29. The minimum Gasteiger partial charge on any atom is -0.476 e. The fourth-order valence-electron chi connectivity index (χ4n) is 1.50. The number of halogens is 1. The lowest BCUT2D eigenvalue weighted by atomic mass is 10.2. The van der Waals surface area contributed by atoms with Gasteiger partial charge in [0.05, 0.1) is 5.69 Å². The molecule has 0 bridgehead atoms. The van der Waals surface area contributed by atoms with Crippen molar-refractivity contribution in [3.05, 3.63) is 40.0 Å². The largest absolute Gasteiger partial charge is 0.476 e. The molecular weight excluding hydrogens is 300 g/mol. The van der Waals surface area contributed by atoms with E-state index in [1.54, 1.807) is 24.3 Å². The van der Waals surface area contributed by atoms with Gasteiger partial charge in [0.1, 0.15) is 17.5 Å². The highest BCUT2D eigenvalue weighted by Crippen LogP contribution is 2.22. The summed E-state index contributed by atoms with van der Waals surface area (Å²) in [5, 5.41) is 21.7. The Morgan fingerprint density at radius 2 is 2.28 bits per heavy atom. The summed E-state index contributed by atoms with van der Waals surface area (Å²) < 4.78 is 2.03. The molecule has 0 spiro atoms. The Labute approximate surface area is 110 Å². The standard InChI is InChI=1S/C11H7BrN4O2/c12-6-2-1-3-7(4-6)16-10(14)8(5-13)9(15-16)11(17)18/h1-4H,14H2,(H,17,18). The molecule has 18 heavy (non-hydrogen) atoms. The average molecular weight is 307 g/mol. The van der Waals surface area contributed by atoms with Crippen molar-refractivity contribution >= 4 is 27.7 Å². The van der Waals surface area contributed by atoms with Crippen LogP contribution < -0.4 is 5.73 Å². The Morgan fingerprint density at radius 3 is 2.78 bits per heavy atom. The van der Waals surface area contributed by atoms with Gasteiger partial charge in [-0.1, -0.05) is 22.0 Å². The predicted octanol–water partition coefficient (Wildman–Crippen LogP) is 1.79. The van der Waals surface area contributed by atoms with Crippen molar-refractivity contribution in [2.75, 3.05) is 5.73 Å². The highest BCUT2D eigenvalue weighted by atomic mass is 79.9. The summed E-state index contributed by atoms with van der Waals surface area (Å²) in [6.45, 7) is 0. The molecule has 90 valence electrons. The van der Waals surface area contributed by atoms with E-state index in [2.05, 4.69) is 21.0 Å². The van der Waals surface area contributed by atoms with Crippen LogP contribution in [0.1, 0.15) is 16.1 Å². The van der Waals surface area contributed by atoms with Gasteiger partial charge in [-0.3, -0.25) is 0 Å². The third-order valence-electron chi connectivity index (χ3n) is 2.29. The molecule has 0 radical (unpaired) electrons. The number of carboxylic acid groups (broad SMARTS) is 1. The van der Waals surface area contributed by atoms with Crippen molar-refractivity contribution < 1.29 is 9.90 Å². The number of benzene rings is 1. The van der Waals surface area contributed by atoms with Crippen LogP contribution in [0.15, 0.2) is 28.7 Å². The SMILES string of the molecule is N#Cc1c(C(=O)O)nn(-c2cccc(Br)c2)c1N. The number of rotatable bonds is 2. The number of aromatic carboxylic acids is 1. The summed E-state index contributed by atoms with van der Waals surface area (Å²) in [5.74, 6) is -1.28. The molecule has 7 heteroatoms. The van der Waals surface area contributed by atoms with Gasteiger partial charge in [-0.25, -0.2) is 9.48 Å². The van der Waals surface area contributed by atoms with Gasteiger partial charge in [0.15, 0.2) is 5.69 Å². The second kappa shape index (κ2) is 4.50. The molecule has 2 rings (SSSR count). The summed E-state index contributed by atoms with van der Waals surface area (Å²) in [7, 11) is 0. The number of hydrogen-bond acceptors (Lipinski definition) is 4. The second-order valence-corrected chi connectivity index (χ2v) is 4.33. The molecule has 6 nitrogen and oxygen atoms in total. The van der Waals surface area contributed by atoms with Crippen LogP contribution in [-0.4, -0.2) is 20.9 Å². The third-order valence-corrected chi connectivity index (χ3v) is 2.78. The minimum atomic E-state index is -1.29. The van der Waals surface area contributed by atoms with E-state index in [1.165, 1.54) is 4.68 Å². The van der Waals surface area contributed by atoms with E-state index in [1.807, 2.05) is 6.07 Å². The van der Waals surface area contributed by atoms with Gasteiger partial charge in [-0.15, -0.1) is 0 Å². The molecule has 0 aliphatic heterocycles. The average Bonchev–Trinajstić information content (AvgIpc) is 2.66. The van der Waals surface area contributed by atoms with E-state index in [-0.39, 0.29) is 17.1 Å². The Balaban J connectivity index is 2.67. The zero-order chi connectivity index (χ0) is 13.3. The molecule has 0 amide bonds. The molecule has 1 heterocycles. The Bertz CT molecular complexity index is 672. The maximum atomic E-state index is 11.0. The topological polar surface area (TPSA) is 105 Å². The van der Waals surface area contributed by atoms with Crippen LogP contribution in [0.2, 0.25) is 0 Å². The first-order chi connectivity index (χ1) is 8.54. The Kier molecular flexibility index (Phi) is 3.04. The van der Waals surface area contributed by atoms with E-state index in [4.69, 9.17) is 16.1 Å². The molecule has 0 atom stereocenters. The number of nitriles is 1. The summed E-state index contributed by atoms with van der Waals surface area (Å²) in [4.78, 5) is 11.0. The summed E-state index contributed by atoms with van der Waals surface area (Å²) in [5.41, 5.74) is 5.82. The lowest BCUT2D eigenvalue weighted by Gasteiger charge is -2.03. The van der Waals surface area contributed by atoms with Gasteiger partial charge in [0, 0.05) is 4.47 Å². The van der Waals surface area contributed by atoms with Crippen LogP contribution in [0.3, 0.4) is 0 Å². The van der Waals surface area contributed by atoms with Crippen molar-refractivity contribution in [3.63, 3.8) is 0 Å². The first-order valence-electron chi connectivity index (χ1n) is 4.82. The minimum absolute atomic E-state index is 0.00741. The molecule has 0 fully saturated rings. The van der Waals surface area contributed by atoms with Gasteiger partial charge < -0.3 is 10.8 Å². The highest BCUT2D eigenvalue weighted by Gasteiger charge is 2.21. The van der Waals surface area contributed by atoms with Crippen LogP contribution in [0.5, 0.6) is 0 Å². The van der Waals surface area contributed by atoms with E-state index < -0.39 is 5.97 Å². The van der Waals surface area contributed by atoms with Gasteiger partial charge in [0.25, 0.3) is 0 Å². The lowest BCUT2D eigenvalue weighted by molar-refractivity contribution is 0.0689. The first kappa shape index (κ1) is 12.1. The predicted molar refractivity (Wildman–Crippen MR) is 67.4 cm³/mol. The number of carboxylic acids is 1. The molecule has 0 aliphatic carbocycles. The van der Waals surface area contributed by atoms with Crippen LogP contribution >= 0.6 is 15.9 Å². The summed E-state index contributed by atoms with van der Waals surface area (Å²) in [6, 6.07) is 8.75. The van der Waals surface area contributed by atoms with E-state index in [0.29, 0.717) is 5.69 Å². The maximum Gasteiger partial charge on any atom is 0.357 e. The molecule has 1 aromatic heterocycles. The number of anilines is 1. The lowest BCUT2D eigenvalue weighted by Crippen LogP contribution is -2.03. The zero-order valence-corrected chi connectivity index (χ0v) is 10.5. The smallest absolute Gasteiger partial charge is 0.357 e. The van der Waals surface area contributed by atoms with Gasteiger partial charge in [-0.2, -0.15) is 10.4 Å². The van der Waals surface area contributed by atoms with Crippen molar-refractivity contribution in [1.82, 2.24) is 9.78 Å². The molecular formula is C11H7BrN4O2. The Morgan fingerprint density at radius 1 is 1.56 bits per heavy atom. The van der Waals surface area contributed by atoms with Crippen LogP contribution in [-0.2, 0) is 0 Å². The first-order valence-corrected chi connectivity index (χ1v) is 5.61. The van der Waals surface area contributed by atoms with Crippen LogP contribution in [0, 0.1) is 11.3 Å². The molecule has 0 saturated carbocycles. The third kappa shape index (κ3) is 1.94. The fourth-order valence-corrected chi connectivity index (χ4v) is 1.88. The van der Waals surface area contributed by atoms with Crippen molar-refractivity contribution in [3.8, 4) is 11.8 Å². The van der Waals surface area contributed by atoms with Gasteiger partial charge in [-0.05, 0) is 18.2 Å². The molecule has 0 aliphatic rings. The van der Waals surface area contributed by atoms with E-state index in [0.717, 1.165) is 4.47 Å². The van der Waals surface area contributed by atoms with E-state index in [9.17, 15) is 4.79 Å². The Hall–Kier alpha value is -2.33. The molecule has 1 aromatic carbocycles. The number of nitrogens with two attached hydrogens (primary N) is 1. The molecule has 0 saturated heterocycles. The number of aromatic nitrogens is 2. The highest BCUT2D eigenvalue weighted by molar-refractivity contribution is 9.10. The quantitative estimate of drug-likeness (QED) is 0.880. The van der Waals surface area contributed by atoms with Crippen molar-refractivity contribution in [2.24, 2.45) is 0 Å².